The zero-order chi connectivity index (χ0) is 22.5. The molecule has 4 aromatic rings. The number of nitrogens with zero attached hydrogens (tertiary/aromatic N) is 4. The predicted octanol–water partition coefficient (Wildman–Crippen LogP) is 4.22. The average molecular weight is 450 g/mol. The Morgan fingerprint density at radius 2 is 1.91 bits per heavy atom. The van der Waals surface area contributed by atoms with Crippen molar-refractivity contribution >= 4 is 38.3 Å². The van der Waals surface area contributed by atoms with Crippen LogP contribution in [0.15, 0.2) is 66.9 Å². The lowest BCUT2D eigenvalue weighted by molar-refractivity contribution is -0.384. The first-order chi connectivity index (χ1) is 15.5. The highest BCUT2D eigenvalue weighted by molar-refractivity contribution is 7.22. The maximum Gasteiger partial charge on any atom is 0.270 e. The summed E-state index contributed by atoms with van der Waals surface area (Å²) in [5.41, 5.74) is 1.22. The number of fused-ring (bicyclic) bond motifs is 1. The standard InChI is InChI=1S/C22H18N4O5S/c1-30-17-6-8-18(9-7-17)31-14-21(27)25(13-15-4-2-3-11-23-15)22-24-19-10-5-16(26(28)29)12-20(19)32-22/h2-12H,13-14H2,1H3. The Kier molecular flexibility index (Phi) is 6.22. The van der Waals surface area contributed by atoms with Crippen LogP contribution in [-0.4, -0.2) is 34.5 Å². The van der Waals surface area contributed by atoms with Crippen LogP contribution in [0, 0.1) is 10.1 Å². The van der Waals surface area contributed by atoms with Crippen LogP contribution in [0.4, 0.5) is 10.8 Å². The van der Waals surface area contributed by atoms with Gasteiger partial charge in [0.15, 0.2) is 11.7 Å². The highest BCUT2D eigenvalue weighted by Gasteiger charge is 2.22. The van der Waals surface area contributed by atoms with Gasteiger partial charge in [-0.3, -0.25) is 24.8 Å². The summed E-state index contributed by atoms with van der Waals surface area (Å²) < 4.78 is 11.4. The average Bonchev–Trinajstić information content (AvgIpc) is 3.25. The number of amides is 1. The Morgan fingerprint density at radius 1 is 1.12 bits per heavy atom. The van der Waals surface area contributed by atoms with Crippen LogP contribution in [0.1, 0.15) is 5.69 Å². The topological polar surface area (TPSA) is 108 Å². The van der Waals surface area contributed by atoms with E-state index in [1.54, 1.807) is 49.7 Å². The third kappa shape index (κ3) is 4.81. The Balaban J connectivity index is 1.59. The number of benzene rings is 2. The summed E-state index contributed by atoms with van der Waals surface area (Å²) in [5.74, 6) is 0.890. The number of carbonyl (C=O) groups excluding carboxylic acids is 1. The zero-order valence-corrected chi connectivity index (χ0v) is 17.8. The van der Waals surface area contributed by atoms with Gasteiger partial charge in [-0.05, 0) is 42.5 Å². The molecule has 0 aliphatic rings. The van der Waals surface area contributed by atoms with E-state index in [1.165, 1.54) is 28.4 Å². The SMILES string of the molecule is COc1ccc(OCC(=O)N(Cc2ccccn2)c2nc3ccc([N+](=O)[O-])cc3s2)cc1. The van der Waals surface area contributed by atoms with E-state index in [1.807, 2.05) is 12.1 Å². The Bertz CT molecular complexity index is 1240. The molecular weight excluding hydrogens is 432 g/mol. The number of carbonyl (C=O) groups is 1. The molecule has 0 radical (unpaired) electrons. The van der Waals surface area contributed by atoms with Crippen molar-refractivity contribution in [3.63, 3.8) is 0 Å². The van der Waals surface area contributed by atoms with Gasteiger partial charge in [-0.1, -0.05) is 17.4 Å². The molecule has 0 saturated carbocycles. The van der Waals surface area contributed by atoms with E-state index in [0.29, 0.717) is 32.5 Å². The fourth-order valence-electron chi connectivity index (χ4n) is 2.94. The first-order valence-electron chi connectivity index (χ1n) is 9.55. The van der Waals surface area contributed by atoms with Crippen molar-refractivity contribution in [2.45, 2.75) is 6.54 Å². The molecular formula is C22H18N4O5S. The number of ether oxygens (including phenoxy) is 2. The molecule has 32 heavy (non-hydrogen) atoms. The lowest BCUT2D eigenvalue weighted by Crippen LogP contribution is -2.34. The van der Waals surface area contributed by atoms with Gasteiger partial charge < -0.3 is 9.47 Å². The normalized spacial score (nSPS) is 10.7. The van der Waals surface area contributed by atoms with Gasteiger partial charge in [-0.25, -0.2) is 4.98 Å². The Hall–Kier alpha value is -4.05. The fourth-order valence-corrected chi connectivity index (χ4v) is 3.96. The molecule has 9 nitrogen and oxygen atoms in total. The highest BCUT2D eigenvalue weighted by Crippen LogP contribution is 2.32. The van der Waals surface area contributed by atoms with E-state index < -0.39 is 4.92 Å². The van der Waals surface area contributed by atoms with Crippen molar-refractivity contribution in [3.05, 3.63) is 82.7 Å². The van der Waals surface area contributed by atoms with Gasteiger partial charge >= 0.3 is 0 Å². The van der Waals surface area contributed by atoms with Gasteiger partial charge in [0.05, 0.1) is 34.5 Å². The van der Waals surface area contributed by atoms with Crippen molar-refractivity contribution in [3.8, 4) is 11.5 Å². The smallest absolute Gasteiger partial charge is 0.270 e. The van der Waals surface area contributed by atoms with E-state index in [-0.39, 0.29) is 24.7 Å². The number of thiazole rings is 1. The lowest BCUT2D eigenvalue weighted by Gasteiger charge is -2.19. The second kappa shape index (κ2) is 9.40. The van der Waals surface area contributed by atoms with Crippen molar-refractivity contribution in [1.82, 2.24) is 9.97 Å². The number of nitro benzene ring substituents is 1. The fraction of sp³-hybridized carbons (Fsp3) is 0.136. The quantitative estimate of drug-likeness (QED) is 0.292. The summed E-state index contributed by atoms with van der Waals surface area (Å²) in [4.78, 5) is 34.0. The summed E-state index contributed by atoms with van der Waals surface area (Å²) in [6.45, 7) is -0.0250. The number of anilines is 1. The second-order valence-electron chi connectivity index (χ2n) is 6.67. The van der Waals surface area contributed by atoms with E-state index in [2.05, 4.69) is 9.97 Å². The van der Waals surface area contributed by atoms with E-state index >= 15 is 0 Å². The molecule has 0 aliphatic heterocycles. The van der Waals surface area contributed by atoms with Crippen LogP contribution in [0.5, 0.6) is 11.5 Å². The van der Waals surface area contributed by atoms with Crippen LogP contribution < -0.4 is 14.4 Å². The molecule has 0 bridgehead atoms. The van der Waals surface area contributed by atoms with Crippen LogP contribution in [0.3, 0.4) is 0 Å². The van der Waals surface area contributed by atoms with Gasteiger partial charge in [0.25, 0.3) is 11.6 Å². The van der Waals surface area contributed by atoms with Gasteiger partial charge in [-0.2, -0.15) is 0 Å². The maximum absolute atomic E-state index is 13.1. The van der Waals surface area contributed by atoms with E-state index in [0.717, 1.165) is 0 Å². The number of nitro groups is 1. The zero-order valence-electron chi connectivity index (χ0n) is 17.0. The molecule has 0 aliphatic carbocycles. The van der Waals surface area contributed by atoms with Gasteiger partial charge in [0, 0.05) is 18.3 Å². The summed E-state index contributed by atoms with van der Waals surface area (Å²) in [6, 6.07) is 16.8. The molecule has 0 unspecified atom stereocenters. The minimum Gasteiger partial charge on any atom is -0.497 e. The molecule has 0 saturated heterocycles. The van der Waals surface area contributed by atoms with E-state index in [9.17, 15) is 14.9 Å². The van der Waals surface area contributed by atoms with Gasteiger partial charge in [0.1, 0.15) is 11.5 Å². The summed E-state index contributed by atoms with van der Waals surface area (Å²) in [7, 11) is 1.57. The number of hydrogen-bond acceptors (Lipinski definition) is 8. The third-order valence-corrected chi connectivity index (χ3v) is 5.61. The molecule has 162 valence electrons. The molecule has 10 heteroatoms. The second-order valence-corrected chi connectivity index (χ2v) is 7.68. The molecule has 0 N–H and O–H groups in total. The number of non-ortho nitro benzene ring substituents is 1. The molecule has 1 amide bonds. The molecule has 2 aromatic carbocycles. The Morgan fingerprint density at radius 3 is 2.59 bits per heavy atom. The first-order valence-corrected chi connectivity index (χ1v) is 10.4. The minimum absolute atomic E-state index is 0.0295. The molecule has 0 spiro atoms. The van der Waals surface area contributed by atoms with Crippen molar-refractivity contribution < 1.29 is 19.2 Å². The largest absolute Gasteiger partial charge is 0.497 e. The number of pyridine rings is 1. The maximum atomic E-state index is 13.1. The first kappa shape index (κ1) is 21.2. The molecule has 2 heterocycles. The lowest BCUT2D eigenvalue weighted by atomic mass is 10.3. The van der Waals surface area contributed by atoms with Gasteiger partial charge in [-0.15, -0.1) is 0 Å². The summed E-state index contributed by atoms with van der Waals surface area (Å²) in [5, 5.41) is 11.5. The molecule has 4 rings (SSSR count). The van der Waals surface area contributed by atoms with Crippen molar-refractivity contribution in [1.29, 1.82) is 0 Å². The third-order valence-electron chi connectivity index (χ3n) is 4.57. The Labute approximate surface area is 187 Å². The van der Waals surface area contributed by atoms with Crippen molar-refractivity contribution in [2.24, 2.45) is 0 Å². The molecule has 0 atom stereocenters. The van der Waals surface area contributed by atoms with Crippen LogP contribution in [0.2, 0.25) is 0 Å². The van der Waals surface area contributed by atoms with Crippen LogP contribution in [0.25, 0.3) is 10.2 Å². The van der Waals surface area contributed by atoms with E-state index in [4.69, 9.17) is 9.47 Å². The summed E-state index contributed by atoms with van der Waals surface area (Å²) >= 11 is 1.20. The highest BCUT2D eigenvalue weighted by atomic mass is 32.1. The van der Waals surface area contributed by atoms with Gasteiger partial charge in [0.2, 0.25) is 0 Å². The van der Waals surface area contributed by atoms with Crippen LogP contribution in [-0.2, 0) is 11.3 Å². The van der Waals surface area contributed by atoms with Crippen LogP contribution >= 0.6 is 11.3 Å². The number of aromatic nitrogens is 2. The molecule has 2 aromatic heterocycles. The monoisotopic (exact) mass is 450 g/mol. The number of methoxy groups -OCH3 is 1. The van der Waals surface area contributed by atoms with Crippen molar-refractivity contribution in [2.75, 3.05) is 18.6 Å². The predicted molar refractivity (Wildman–Crippen MR) is 120 cm³/mol. The number of hydrogen-bond donors (Lipinski definition) is 0. The molecule has 0 fully saturated rings. The summed E-state index contributed by atoms with van der Waals surface area (Å²) in [6.07, 6.45) is 1.65. The minimum atomic E-state index is -0.460. The number of rotatable bonds is 8.